The minimum atomic E-state index is -0.522. The number of aromatic amines is 1. The van der Waals surface area contributed by atoms with Crippen LogP contribution in [-0.2, 0) is 6.42 Å². The number of hydrogen-bond donors (Lipinski definition) is 2. The predicted octanol–water partition coefficient (Wildman–Crippen LogP) is 3.10. The lowest BCUT2D eigenvalue weighted by Gasteiger charge is -2.02. The van der Waals surface area contributed by atoms with Crippen LogP contribution in [-0.4, -0.2) is 24.5 Å². The lowest BCUT2D eigenvalue weighted by molar-refractivity contribution is 0.465. The number of aromatic hydroxyl groups is 1. The maximum Gasteiger partial charge on any atom is 0.301 e. The first kappa shape index (κ1) is 14.9. The van der Waals surface area contributed by atoms with Crippen molar-refractivity contribution >= 4 is 28.7 Å². The van der Waals surface area contributed by atoms with Crippen molar-refractivity contribution in [1.29, 1.82) is 0 Å². The van der Waals surface area contributed by atoms with Gasteiger partial charge in [0.15, 0.2) is 0 Å². The maximum absolute atomic E-state index is 12.1. The molecule has 0 atom stereocenters. The van der Waals surface area contributed by atoms with E-state index in [1.54, 1.807) is 6.20 Å². The molecule has 0 aliphatic carbocycles. The van der Waals surface area contributed by atoms with Gasteiger partial charge in [0.05, 0.1) is 0 Å². The van der Waals surface area contributed by atoms with Crippen molar-refractivity contribution < 1.29 is 5.11 Å². The van der Waals surface area contributed by atoms with Gasteiger partial charge < -0.3 is 10.1 Å². The second-order valence-corrected chi connectivity index (χ2v) is 6.76. The highest BCUT2D eigenvalue weighted by Gasteiger charge is 2.16. The van der Waals surface area contributed by atoms with E-state index in [4.69, 9.17) is 11.6 Å². The predicted molar refractivity (Wildman–Crippen MR) is 92.8 cm³/mol. The van der Waals surface area contributed by atoms with Crippen molar-refractivity contribution in [3.8, 4) is 16.5 Å². The number of thiazole rings is 1. The van der Waals surface area contributed by atoms with E-state index in [-0.39, 0.29) is 11.4 Å². The Kier molecular flexibility index (Phi) is 3.59. The van der Waals surface area contributed by atoms with Crippen LogP contribution in [0.3, 0.4) is 0 Å². The molecular formula is C16H11ClN4O2S. The van der Waals surface area contributed by atoms with Crippen LogP contribution in [0.2, 0.25) is 5.02 Å². The summed E-state index contributed by atoms with van der Waals surface area (Å²) in [5.41, 5.74) is 0.868. The summed E-state index contributed by atoms with van der Waals surface area (Å²) in [6.07, 6.45) is 5.42. The van der Waals surface area contributed by atoms with E-state index in [0.717, 1.165) is 10.4 Å². The molecule has 0 amide bonds. The zero-order valence-corrected chi connectivity index (χ0v) is 13.8. The number of nitrogens with zero attached hydrogens (tertiary/aromatic N) is 3. The van der Waals surface area contributed by atoms with Crippen LogP contribution in [0, 0.1) is 0 Å². The minimum Gasteiger partial charge on any atom is -0.501 e. The monoisotopic (exact) mass is 358 g/mol. The Hall–Kier alpha value is -2.64. The molecule has 0 spiro atoms. The Labute approximate surface area is 145 Å². The smallest absolute Gasteiger partial charge is 0.301 e. The molecule has 120 valence electrons. The third-order valence-corrected chi connectivity index (χ3v) is 4.86. The molecular weight excluding hydrogens is 348 g/mol. The number of H-pyrrole nitrogens is 1. The van der Waals surface area contributed by atoms with E-state index in [1.807, 2.05) is 24.3 Å². The molecule has 3 heterocycles. The van der Waals surface area contributed by atoms with E-state index >= 15 is 0 Å². The molecule has 0 radical (unpaired) electrons. The maximum atomic E-state index is 12.1. The molecule has 24 heavy (non-hydrogen) atoms. The van der Waals surface area contributed by atoms with E-state index in [0.29, 0.717) is 22.2 Å². The summed E-state index contributed by atoms with van der Waals surface area (Å²) in [6, 6.07) is 7.60. The molecule has 0 saturated carbocycles. The van der Waals surface area contributed by atoms with Crippen LogP contribution >= 0.6 is 22.9 Å². The summed E-state index contributed by atoms with van der Waals surface area (Å²) in [5, 5.41) is 11.4. The fraction of sp³-hybridized carbons (Fsp3) is 0.0625. The molecule has 0 aliphatic heterocycles. The molecule has 4 rings (SSSR count). The third kappa shape index (κ3) is 2.57. The summed E-state index contributed by atoms with van der Waals surface area (Å²) < 4.78 is 1.25. The van der Waals surface area contributed by atoms with Gasteiger partial charge in [-0.2, -0.15) is 0 Å². The Bertz CT molecular complexity index is 1080. The molecule has 0 unspecified atom stereocenters. The number of fused-ring (bicyclic) bond motifs is 1. The van der Waals surface area contributed by atoms with Gasteiger partial charge in [-0.1, -0.05) is 23.7 Å². The van der Waals surface area contributed by atoms with Crippen molar-refractivity contribution in [2.24, 2.45) is 0 Å². The molecule has 0 bridgehead atoms. The van der Waals surface area contributed by atoms with Gasteiger partial charge in [-0.25, -0.2) is 14.4 Å². The summed E-state index contributed by atoms with van der Waals surface area (Å²) in [6.45, 7) is 0. The summed E-state index contributed by atoms with van der Waals surface area (Å²) in [7, 11) is 0. The van der Waals surface area contributed by atoms with E-state index in [9.17, 15) is 9.90 Å². The van der Waals surface area contributed by atoms with E-state index in [1.165, 1.54) is 28.1 Å². The van der Waals surface area contributed by atoms with Crippen LogP contribution in [0.15, 0.2) is 47.7 Å². The quantitative estimate of drug-likeness (QED) is 0.589. The number of hydrogen-bond acceptors (Lipinski definition) is 5. The lowest BCUT2D eigenvalue weighted by atomic mass is 10.1. The number of halogens is 1. The first-order valence-electron chi connectivity index (χ1n) is 7.09. The summed E-state index contributed by atoms with van der Waals surface area (Å²) in [4.78, 5) is 24.5. The summed E-state index contributed by atoms with van der Waals surface area (Å²) in [5.74, 6) is -0.00450. The third-order valence-electron chi connectivity index (χ3n) is 3.59. The van der Waals surface area contributed by atoms with E-state index in [2.05, 4.69) is 15.0 Å². The van der Waals surface area contributed by atoms with Gasteiger partial charge >= 0.3 is 5.56 Å². The van der Waals surface area contributed by atoms with Crippen LogP contribution < -0.4 is 5.56 Å². The minimum absolute atomic E-state index is 0.283. The Morgan fingerprint density at radius 3 is 2.83 bits per heavy atom. The lowest BCUT2D eigenvalue weighted by Crippen LogP contribution is -2.13. The molecule has 8 heteroatoms. The molecule has 1 aromatic carbocycles. The van der Waals surface area contributed by atoms with Crippen molar-refractivity contribution in [3.05, 3.63) is 68.7 Å². The van der Waals surface area contributed by atoms with Crippen LogP contribution in [0.25, 0.3) is 16.5 Å². The van der Waals surface area contributed by atoms with Crippen LogP contribution in [0.5, 0.6) is 5.75 Å². The fourth-order valence-corrected chi connectivity index (χ4v) is 3.49. The second-order valence-electron chi connectivity index (χ2n) is 5.21. The van der Waals surface area contributed by atoms with Gasteiger partial charge in [0.25, 0.3) is 0 Å². The van der Waals surface area contributed by atoms with Gasteiger partial charge in [-0.15, -0.1) is 11.3 Å². The van der Waals surface area contributed by atoms with Gasteiger partial charge in [0, 0.05) is 34.9 Å². The Morgan fingerprint density at radius 1 is 1.25 bits per heavy atom. The fourth-order valence-electron chi connectivity index (χ4n) is 2.41. The highest BCUT2D eigenvalue weighted by molar-refractivity contribution is 7.15. The molecule has 2 N–H and O–H groups in total. The zero-order chi connectivity index (χ0) is 16.7. The zero-order valence-electron chi connectivity index (χ0n) is 12.2. The molecule has 3 aromatic heterocycles. The largest absolute Gasteiger partial charge is 0.501 e. The normalized spacial score (nSPS) is 11.2. The van der Waals surface area contributed by atoms with Crippen LogP contribution in [0.1, 0.15) is 10.4 Å². The molecule has 4 aromatic rings. The topological polar surface area (TPSA) is 83.3 Å². The van der Waals surface area contributed by atoms with Crippen molar-refractivity contribution in [2.45, 2.75) is 6.42 Å². The van der Waals surface area contributed by atoms with Crippen molar-refractivity contribution in [3.63, 3.8) is 0 Å². The van der Waals surface area contributed by atoms with Gasteiger partial charge in [-0.3, -0.25) is 4.79 Å². The first-order chi connectivity index (χ1) is 11.6. The number of rotatable bonds is 3. The van der Waals surface area contributed by atoms with E-state index < -0.39 is 5.56 Å². The average Bonchev–Trinajstić information content (AvgIpc) is 3.22. The number of nitrogens with one attached hydrogen (secondary N) is 1. The van der Waals surface area contributed by atoms with Crippen molar-refractivity contribution in [2.75, 3.05) is 0 Å². The molecule has 0 fully saturated rings. The molecule has 6 nitrogen and oxygen atoms in total. The average molecular weight is 359 g/mol. The van der Waals surface area contributed by atoms with Crippen molar-refractivity contribution in [1.82, 2.24) is 19.4 Å². The SMILES string of the molecule is O=c1c(O)c(-c2ncc(Cc3ccc(Cl)cc3)s2)[nH]c2nccn12. The number of imidazole rings is 1. The standard InChI is InChI=1S/C16H11ClN4O2S/c17-10-3-1-9(2-4-10)7-11-8-19-14(24-11)12-13(22)15(23)21-6-5-18-16(21)20-12/h1-6,8,22H,7H2,(H,18,20). The number of benzene rings is 1. The second kappa shape index (κ2) is 5.77. The first-order valence-corrected chi connectivity index (χ1v) is 8.29. The van der Waals surface area contributed by atoms with Gasteiger partial charge in [0.2, 0.25) is 11.5 Å². The van der Waals surface area contributed by atoms with Gasteiger partial charge in [-0.05, 0) is 17.7 Å². The highest BCUT2D eigenvalue weighted by Crippen LogP contribution is 2.29. The Balaban J connectivity index is 1.71. The number of aromatic nitrogens is 4. The molecule has 0 aliphatic rings. The highest BCUT2D eigenvalue weighted by atomic mass is 35.5. The van der Waals surface area contributed by atoms with Gasteiger partial charge in [0.1, 0.15) is 10.7 Å². The summed E-state index contributed by atoms with van der Waals surface area (Å²) >= 11 is 7.30. The van der Waals surface area contributed by atoms with Crippen LogP contribution in [0.4, 0.5) is 0 Å². The molecule has 0 saturated heterocycles. The Morgan fingerprint density at radius 2 is 2.04 bits per heavy atom.